The zero-order valence-corrected chi connectivity index (χ0v) is 15.5. The molecular formula is C18H30N4O3. The third kappa shape index (κ3) is 7.62. The van der Waals surface area contributed by atoms with E-state index in [1.165, 1.54) is 0 Å². The largest absolute Gasteiger partial charge is 0.383 e. The van der Waals surface area contributed by atoms with Crippen LogP contribution >= 0.6 is 0 Å². The van der Waals surface area contributed by atoms with E-state index in [4.69, 9.17) is 4.74 Å². The zero-order valence-electron chi connectivity index (χ0n) is 15.5. The van der Waals surface area contributed by atoms with Crippen LogP contribution in [-0.2, 0) is 9.53 Å². The summed E-state index contributed by atoms with van der Waals surface area (Å²) in [5.74, 6) is -0.325. The van der Waals surface area contributed by atoms with E-state index in [9.17, 15) is 9.59 Å². The van der Waals surface area contributed by atoms with Crippen LogP contribution in [0, 0.1) is 0 Å². The summed E-state index contributed by atoms with van der Waals surface area (Å²) in [5, 5.41) is 4.63. The van der Waals surface area contributed by atoms with Gasteiger partial charge in [0, 0.05) is 38.2 Å². The smallest absolute Gasteiger partial charge is 0.265 e. The highest BCUT2D eigenvalue weighted by Crippen LogP contribution is 2.09. The normalized spacial score (nSPS) is 12.0. The molecule has 0 aliphatic carbocycles. The minimum absolute atomic E-state index is 0.0926. The first-order valence-corrected chi connectivity index (χ1v) is 8.88. The number of ether oxygens (including phenoxy) is 1. The van der Waals surface area contributed by atoms with Gasteiger partial charge >= 0.3 is 0 Å². The fraction of sp³-hybridized carbons (Fsp3) is 0.611. The summed E-state index contributed by atoms with van der Waals surface area (Å²) in [6.45, 7) is 5.64. The van der Waals surface area contributed by atoms with Gasteiger partial charge < -0.3 is 10.1 Å². The lowest BCUT2D eigenvalue weighted by molar-refractivity contribution is -0.128. The van der Waals surface area contributed by atoms with Crippen molar-refractivity contribution < 1.29 is 14.3 Å². The number of aromatic nitrogens is 1. The number of methoxy groups -OCH3 is 1. The minimum atomic E-state index is -0.404. The predicted molar refractivity (Wildman–Crippen MR) is 96.9 cm³/mol. The van der Waals surface area contributed by atoms with E-state index in [0.717, 1.165) is 19.3 Å². The summed E-state index contributed by atoms with van der Waals surface area (Å²) in [5.41, 5.74) is 3.42. The topological polar surface area (TPSA) is 83.6 Å². The van der Waals surface area contributed by atoms with Gasteiger partial charge in [-0.1, -0.05) is 26.7 Å². The molecule has 7 heteroatoms. The van der Waals surface area contributed by atoms with Gasteiger partial charge in [0.15, 0.2) is 0 Å². The summed E-state index contributed by atoms with van der Waals surface area (Å²) in [6.07, 6.45) is 6.53. The van der Waals surface area contributed by atoms with Crippen LogP contribution in [0.1, 0.15) is 49.9 Å². The van der Waals surface area contributed by atoms with Crippen molar-refractivity contribution in [1.82, 2.24) is 20.7 Å². The van der Waals surface area contributed by atoms with Crippen LogP contribution in [0.4, 0.5) is 0 Å². The maximum Gasteiger partial charge on any atom is 0.265 e. The Morgan fingerprint density at radius 1 is 1.24 bits per heavy atom. The van der Waals surface area contributed by atoms with Crippen molar-refractivity contribution in [2.24, 2.45) is 0 Å². The van der Waals surface area contributed by atoms with Gasteiger partial charge in [-0.15, -0.1) is 0 Å². The summed E-state index contributed by atoms with van der Waals surface area (Å²) in [7, 11) is 1.60. The molecule has 2 N–H and O–H groups in total. The quantitative estimate of drug-likeness (QED) is 0.443. The standard InChI is InChI=1S/C18H30N4O3/c1-4-6-13-22(21-17(23)15-8-10-19-11-9-15)16(7-5-2)18(24)20-12-14-25-3/h8-11,16H,4-7,12-14H2,1-3H3,(H,20,24)(H,21,23). The van der Waals surface area contributed by atoms with Gasteiger partial charge in [0.05, 0.1) is 6.61 Å². The average Bonchev–Trinajstić information content (AvgIpc) is 2.64. The maximum absolute atomic E-state index is 12.6. The summed E-state index contributed by atoms with van der Waals surface area (Å²) >= 11 is 0. The van der Waals surface area contributed by atoms with Crippen molar-refractivity contribution in [3.8, 4) is 0 Å². The van der Waals surface area contributed by atoms with Gasteiger partial charge in [-0.05, 0) is 25.0 Å². The lowest BCUT2D eigenvalue weighted by Gasteiger charge is -2.31. The monoisotopic (exact) mass is 350 g/mol. The van der Waals surface area contributed by atoms with Crippen LogP contribution in [0.3, 0.4) is 0 Å². The third-order valence-corrected chi connectivity index (χ3v) is 3.79. The van der Waals surface area contributed by atoms with Crippen molar-refractivity contribution in [1.29, 1.82) is 0 Å². The molecule has 0 radical (unpaired) electrons. The van der Waals surface area contributed by atoms with Crippen LogP contribution in [0.25, 0.3) is 0 Å². The highest BCUT2D eigenvalue weighted by Gasteiger charge is 2.26. The van der Waals surface area contributed by atoms with E-state index < -0.39 is 6.04 Å². The Balaban J connectivity index is 2.83. The Kier molecular flexibility index (Phi) is 10.4. The van der Waals surface area contributed by atoms with Crippen molar-refractivity contribution in [2.45, 2.75) is 45.6 Å². The van der Waals surface area contributed by atoms with Gasteiger partial charge in [-0.3, -0.25) is 20.0 Å². The molecule has 0 saturated carbocycles. The van der Waals surface area contributed by atoms with Gasteiger partial charge in [0.1, 0.15) is 6.04 Å². The average molecular weight is 350 g/mol. The van der Waals surface area contributed by atoms with Crippen LogP contribution in [0.5, 0.6) is 0 Å². The Bertz CT molecular complexity index is 510. The molecule has 0 bridgehead atoms. The highest BCUT2D eigenvalue weighted by atomic mass is 16.5. The van der Waals surface area contributed by atoms with Crippen LogP contribution in [0.15, 0.2) is 24.5 Å². The van der Waals surface area contributed by atoms with Gasteiger partial charge in [0.25, 0.3) is 5.91 Å². The first-order valence-electron chi connectivity index (χ1n) is 8.88. The number of carbonyl (C=O) groups excluding carboxylic acids is 2. The Morgan fingerprint density at radius 2 is 1.96 bits per heavy atom. The van der Waals surface area contributed by atoms with Gasteiger partial charge in [-0.25, -0.2) is 5.01 Å². The molecule has 0 fully saturated rings. The molecule has 0 aromatic carbocycles. The lowest BCUT2D eigenvalue weighted by atomic mass is 10.1. The first-order chi connectivity index (χ1) is 12.1. The molecule has 2 amide bonds. The molecule has 7 nitrogen and oxygen atoms in total. The number of nitrogens with zero attached hydrogens (tertiary/aromatic N) is 2. The summed E-state index contributed by atoms with van der Waals surface area (Å²) in [6, 6.07) is 2.90. The first kappa shape index (κ1) is 21.1. The highest BCUT2D eigenvalue weighted by molar-refractivity contribution is 5.94. The molecule has 0 saturated heterocycles. The van der Waals surface area contributed by atoms with Crippen molar-refractivity contribution in [3.63, 3.8) is 0 Å². The fourth-order valence-electron chi connectivity index (χ4n) is 2.41. The van der Waals surface area contributed by atoms with Crippen LogP contribution < -0.4 is 10.7 Å². The molecule has 140 valence electrons. The predicted octanol–water partition coefficient (Wildman–Crippen LogP) is 1.76. The van der Waals surface area contributed by atoms with Crippen LogP contribution in [0.2, 0.25) is 0 Å². The number of hydrazine groups is 1. The van der Waals surface area contributed by atoms with Crippen molar-refractivity contribution in [2.75, 3.05) is 26.8 Å². The molecule has 1 rings (SSSR count). The van der Waals surface area contributed by atoms with E-state index in [1.807, 2.05) is 6.92 Å². The maximum atomic E-state index is 12.6. The minimum Gasteiger partial charge on any atom is -0.383 e. The number of hydrogen-bond acceptors (Lipinski definition) is 5. The zero-order chi connectivity index (χ0) is 18.5. The number of pyridine rings is 1. The fourth-order valence-corrected chi connectivity index (χ4v) is 2.41. The third-order valence-electron chi connectivity index (χ3n) is 3.79. The second-order valence-corrected chi connectivity index (χ2v) is 5.81. The van der Waals surface area contributed by atoms with E-state index >= 15 is 0 Å². The molecule has 0 aliphatic rings. The second kappa shape index (κ2) is 12.4. The number of hydrogen-bond donors (Lipinski definition) is 2. The number of nitrogens with one attached hydrogen (secondary N) is 2. The van der Waals surface area contributed by atoms with Crippen LogP contribution in [-0.4, -0.2) is 54.7 Å². The summed E-state index contributed by atoms with van der Waals surface area (Å²) < 4.78 is 4.98. The lowest BCUT2D eigenvalue weighted by Crippen LogP contribution is -2.55. The molecule has 25 heavy (non-hydrogen) atoms. The molecule has 1 aromatic rings. The Labute approximate surface area is 150 Å². The van der Waals surface area contributed by atoms with E-state index in [-0.39, 0.29) is 11.8 Å². The second-order valence-electron chi connectivity index (χ2n) is 5.81. The number of carbonyl (C=O) groups is 2. The van der Waals surface area contributed by atoms with Crippen molar-refractivity contribution >= 4 is 11.8 Å². The number of rotatable bonds is 12. The molecule has 0 aliphatic heterocycles. The Hall–Kier alpha value is -1.99. The summed E-state index contributed by atoms with van der Waals surface area (Å²) in [4.78, 5) is 29.0. The van der Waals surface area contributed by atoms with Crippen molar-refractivity contribution in [3.05, 3.63) is 30.1 Å². The molecule has 1 heterocycles. The molecular weight excluding hydrogens is 320 g/mol. The number of unbranched alkanes of at least 4 members (excludes halogenated alkanes) is 1. The Morgan fingerprint density at radius 3 is 2.56 bits per heavy atom. The SMILES string of the molecule is CCCCN(NC(=O)c1ccncc1)C(CCC)C(=O)NCCOC. The van der Waals surface area contributed by atoms with E-state index in [0.29, 0.717) is 31.7 Å². The van der Waals surface area contributed by atoms with Gasteiger partial charge in [-0.2, -0.15) is 0 Å². The number of amides is 2. The molecule has 1 unspecified atom stereocenters. The molecule has 1 aromatic heterocycles. The van der Waals surface area contributed by atoms with E-state index in [1.54, 1.807) is 36.6 Å². The van der Waals surface area contributed by atoms with E-state index in [2.05, 4.69) is 22.7 Å². The molecule has 0 spiro atoms. The van der Waals surface area contributed by atoms with Gasteiger partial charge in [0.2, 0.25) is 5.91 Å². The molecule has 1 atom stereocenters.